The molecular formula is C24H27N5O2. The van der Waals surface area contributed by atoms with E-state index < -0.39 is 11.9 Å². The Labute approximate surface area is 181 Å². The third kappa shape index (κ3) is 4.67. The molecule has 2 amide bonds. The number of primary amides is 1. The molecule has 1 saturated heterocycles. The van der Waals surface area contributed by atoms with Gasteiger partial charge in [0.15, 0.2) is 0 Å². The number of nitrogens with one attached hydrogen (secondary N) is 1. The highest BCUT2D eigenvalue weighted by Crippen LogP contribution is 2.36. The van der Waals surface area contributed by atoms with Crippen LogP contribution in [0.2, 0.25) is 0 Å². The zero-order valence-electron chi connectivity index (χ0n) is 17.5. The molecule has 2 aromatic carbocycles. The van der Waals surface area contributed by atoms with Crippen LogP contribution in [0.15, 0.2) is 73.1 Å². The Bertz CT molecular complexity index is 1030. The molecule has 7 nitrogen and oxygen atoms in total. The maximum absolute atomic E-state index is 12.5. The van der Waals surface area contributed by atoms with E-state index in [2.05, 4.69) is 22.5 Å². The largest absolute Gasteiger partial charge is 0.368 e. The number of hydrogen-bond donors (Lipinski definition) is 2. The number of amides is 2. The molecule has 1 aliphatic heterocycles. The van der Waals surface area contributed by atoms with Gasteiger partial charge in [0.05, 0.1) is 18.8 Å². The average Bonchev–Trinajstić information content (AvgIpc) is 3.33. The summed E-state index contributed by atoms with van der Waals surface area (Å²) < 4.78 is 1.89. The van der Waals surface area contributed by atoms with E-state index in [9.17, 15) is 9.59 Å². The molecule has 2 heterocycles. The molecule has 31 heavy (non-hydrogen) atoms. The summed E-state index contributed by atoms with van der Waals surface area (Å²) in [5.41, 5.74) is 8.61. The van der Waals surface area contributed by atoms with Crippen LogP contribution in [0.25, 0.3) is 0 Å². The highest BCUT2D eigenvalue weighted by Gasteiger charge is 2.39. The minimum Gasteiger partial charge on any atom is -0.368 e. The van der Waals surface area contributed by atoms with E-state index in [0.29, 0.717) is 19.5 Å². The van der Waals surface area contributed by atoms with Crippen molar-refractivity contribution < 1.29 is 9.59 Å². The second kappa shape index (κ2) is 9.14. The molecule has 7 heteroatoms. The molecule has 0 unspecified atom stereocenters. The molecule has 1 fully saturated rings. The fraction of sp³-hybridized carbons (Fsp3) is 0.292. The predicted molar refractivity (Wildman–Crippen MR) is 118 cm³/mol. The summed E-state index contributed by atoms with van der Waals surface area (Å²) >= 11 is 0. The molecule has 3 atom stereocenters. The van der Waals surface area contributed by atoms with Gasteiger partial charge < -0.3 is 16.0 Å². The fourth-order valence-electron chi connectivity index (χ4n) is 4.32. The second-order valence-corrected chi connectivity index (χ2v) is 8.02. The maximum atomic E-state index is 12.5. The second-order valence-electron chi connectivity index (χ2n) is 8.02. The van der Waals surface area contributed by atoms with E-state index in [-0.39, 0.29) is 17.9 Å². The molecule has 1 aliphatic rings. The van der Waals surface area contributed by atoms with Crippen LogP contribution in [0.5, 0.6) is 0 Å². The van der Waals surface area contributed by atoms with Crippen LogP contribution in [0, 0.1) is 5.92 Å². The highest BCUT2D eigenvalue weighted by atomic mass is 16.2. The minimum atomic E-state index is -0.594. The Kier molecular flexibility index (Phi) is 6.13. The number of nitrogens with two attached hydrogens (primary N) is 1. The van der Waals surface area contributed by atoms with Crippen LogP contribution in [-0.2, 0) is 16.1 Å². The molecule has 3 aromatic rings. The zero-order chi connectivity index (χ0) is 21.8. The molecule has 0 spiro atoms. The standard InChI is InChI=1S/C24H27N5O2/c1-28-21(30)12-19(13-26-22(24(25)31)18-10-6-3-7-11-18)23(28)20-14-27-29(16-20)15-17-8-4-2-5-9-17/h2-11,14,16,19,22-23,26H,12-13,15H2,1H3,(H2,25,31)/t19-,22+,23+/m0/s1. The summed E-state index contributed by atoms with van der Waals surface area (Å²) in [5.74, 6) is -0.337. The number of likely N-dealkylation sites (tertiary alicyclic amines) is 1. The van der Waals surface area contributed by atoms with E-state index in [1.54, 1.807) is 4.90 Å². The molecular weight excluding hydrogens is 390 g/mol. The zero-order valence-corrected chi connectivity index (χ0v) is 17.5. The quantitative estimate of drug-likeness (QED) is 0.588. The lowest BCUT2D eigenvalue weighted by atomic mass is 9.95. The molecule has 0 bridgehead atoms. The van der Waals surface area contributed by atoms with Crippen molar-refractivity contribution in [3.8, 4) is 0 Å². The first-order chi connectivity index (χ1) is 15.0. The fourth-order valence-corrected chi connectivity index (χ4v) is 4.32. The Morgan fingerprint density at radius 3 is 2.52 bits per heavy atom. The van der Waals surface area contributed by atoms with Gasteiger partial charge in [-0.15, -0.1) is 0 Å². The Morgan fingerprint density at radius 2 is 1.84 bits per heavy atom. The predicted octanol–water partition coefficient (Wildman–Crippen LogP) is 2.27. The first-order valence-electron chi connectivity index (χ1n) is 10.4. The first-order valence-corrected chi connectivity index (χ1v) is 10.4. The smallest absolute Gasteiger partial charge is 0.239 e. The van der Waals surface area contributed by atoms with Gasteiger partial charge in [-0.3, -0.25) is 14.3 Å². The summed E-state index contributed by atoms with van der Waals surface area (Å²) in [6, 6.07) is 18.8. The van der Waals surface area contributed by atoms with Crippen molar-refractivity contribution in [1.29, 1.82) is 0 Å². The minimum absolute atomic E-state index is 0.0115. The SMILES string of the molecule is CN1C(=O)C[C@@H](CN[C@@H](C(N)=O)c2ccccc2)[C@@H]1c1cnn(Cc2ccccc2)c1. The molecule has 3 N–H and O–H groups in total. The van der Waals surface area contributed by atoms with E-state index in [1.807, 2.05) is 72.7 Å². The highest BCUT2D eigenvalue weighted by molar-refractivity contribution is 5.81. The van der Waals surface area contributed by atoms with Crippen LogP contribution in [0.3, 0.4) is 0 Å². The number of carbonyl (C=O) groups is 2. The number of hydrogen-bond acceptors (Lipinski definition) is 4. The monoisotopic (exact) mass is 417 g/mol. The van der Waals surface area contributed by atoms with Crippen LogP contribution >= 0.6 is 0 Å². The Hall–Kier alpha value is -3.45. The van der Waals surface area contributed by atoms with Crippen molar-refractivity contribution in [3.63, 3.8) is 0 Å². The van der Waals surface area contributed by atoms with Gasteiger partial charge in [-0.05, 0) is 11.1 Å². The van der Waals surface area contributed by atoms with E-state index in [4.69, 9.17) is 5.73 Å². The lowest BCUT2D eigenvalue weighted by molar-refractivity contribution is -0.127. The molecule has 160 valence electrons. The third-order valence-corrected chi connectivity index (χ3v) is 5.88. The van der Waals surface area contributed by atoms with Gasteiger partial charge in [-0.1, -0.05) is 60.7 Å². The number of rotatable bonds is 8. The van der Waals surface area contributed by atoms with Crippen LogP contribution < -0.4 is 11.1 Å². The van der Waals surface area contributed by atoms with Gasteiger partial charge in [0, 0.05) is 37.7 Å². The van der Waals surface area contributed by atoms with Gasteiger partial charge in [0.1, 0.15) is 6.04 Å². The van der Waals surface area contributed by atoms with Crippen molar-refractivity contribution >= 4 is 11.8 Å². The summed E-state index contributed by atoms with van der Waals surface area (Å²) in [5, 5.41) is 7.79. The van der Waals surface area contributed by atoms with Crippen molar-refractivity contribution in [2.75, 3.05) is 13.6 Å². The normalized spacial score (nSPS) is 19.5. The lowest BCUT2D eigenvalue weighted by Crippen LogP contribution is -2.37. The van der Waals surface area contributed by atoms with Crippen molar-refractivity contribution in [1.82, 2.24) is 20.0 Å². The Balaban J connectivity index is 1.49. The molecule has 0 aliphatic carbocycles. The summed E-state index contributed by atoms with van der Waals surface area (Å²) in [6.07, 6.45) is 4.25. The topological polar surface area (TPSA) is 93.2 Å². The molecule has 1 aromatic heterocycles. The van der Waals surface area contributed by atoms with Gasteiger partial charge in [-0.25, -0.2) is 0 Å². The van der Waals surface area contributed by atoms with Crippen molar-refractivity contribution in [2.45, 2.75) is 25.0 Å². The van der Waals surface area contributed by atoms with Gasteiger partial charge in [0.2, 0.25) is 11.8 Å². The van der Waals surface area contributed by atoms with Gasteiger partial charge in [-0.2, -0.15) is 5.10 Å². The van der Waals surface area contributed by atoms with Gasteiger partial charge in [0.25, 0.3) is 0 Å². The Morgan fingerprint density at radius 1 is 1.16 bits per heavy atom. The maximum Gasteiger partial charge on any atom is 0.239 e. The van der Waals surface area contributed by atoms with Crippen molar-refractivity contribution in [2.24, 2.45) is 11.7 Å². The van der Waals surface area contributed by atoms with E-state index in [0.717, 1.165) is 11.1 Å². The van der Waals surface area contributed by atoms with E-state index >= 15 is 0 Å². The molecule has 0 saturated carbocycles. The first kappa shape index (κ1) is 20.8. The van der Waals surface area contributed by atoms with Crippen LogP contribution in [0.1, 0.15) is 35.2 Å². The van der Waals surface area contributed by atoms with Crippen LogP contribution in [-0.4, -0.2) is 40.1 Å². The lowest BCUT2D eigenvalue weighted by Gasteiger charge is -2.25. The van der Waals surface area contributed by atoms with Gasteiger partial charge >= 0.3 is 0 Å². The number of carbonyl (C=O) groups excluding carboxylic acids is 2. The number of nitrogens with zero attached hydrogens (tertiary/aromatic N) is 3. The summed E-state index contributed by atoms with van der Waals surface area (Å²) in [4.78, 5) is 26.3. The average molecular weight is 418 g/mol. The molecule has 0 radical (unpaired) electrons. The number of benzene rings is 2. The summed E-state index contributed by atoms with van der Waals surface area (Å²) in [7, 11) is 1.82. The molecule has 4 rings (SSSR count). The van der Waals surface area contributed by atoms with E-state index in [1.165, 1.54) is 5.56 Å². The number of aromatic nitrogens is 2. The van der Waals surface area contributed by atoms with Crippen LogP contribution in [0.4, 0.5) is 0 Å². The summed E-state index contributed by atoms with van der Waals surface area (Å²) in [6.45, 7) is 1.17. The third-order valence-electron chi connectivity index (χ3n) is 5.88. The van der Waals surface area contributed by atoms with Crippen molar-refractivity contribution in [3.05, 3.63) is 89.7 Å².